The van der Waals surface area contributed by atoms with Crippen molar-refractivity contribution in [3.05, 3.63) is 29.8 Å². The Morgan fingerprint density at radius 2 is 2.09 bits per heavy atom. The highest BCUT2D eigenvalue weighted by Gasteiger charge is 2.38. The largest absolute Gasteiger partial charge is 0.497 e. The quantitative estimate of drug-likeness (QED) is 0.587. The third-order valence-electron chi connectivity index (χ3n) is 3.78. The Hall–Kier alpha value is -1.64. The lowest BCUT2D eigenvalue weighted by Crippen LogP contribution is -2.46. The van der Waals surface area contributed by atoms with Crippen LogP contribution in [-0.4, -0.2) is 49.3 Å². The van der Waals surface area contributed by atoms with Gasteiger partial charge in [0.15, 0.2) is 0 Å². The van der Waals surface area contributed by atoms with Gasteiger partial charge in [-0.3, -0.25) is 10.0 Å². The summed E-state index contributed by atoms with van der Waals surface area (Å²) in [5, 5.41) is 8.70. The lowest BCUT2D eigenvalue weighted by molar-refractivity contribution is -0.132. The average Bonchev–Trinajstić information content (AvgIpc) is 3.03. The van der Waals surface area contributed by atoms with Crippen LogP contribution in [0.5, 0.6) is 5.75 Å². The molecule has 0 aromatic heterocycles. The van der Waals surface area contributed by atoms with Crippen LogP contribution in [0.25, 0.3) is 0 Å². The van der Waals surface area contributed by atoms with Gasteiger partial charge in [0.1, 0.15) is 11.8 Å². The second-order valence-electron chi connectivity index (χ2n) is 5.16. The van der Waals surface area contributed by atoms with E-state index in [1.807, 2.05) is 12.1 Å². The first-order chi connectivity index (χ1) is 10.5. The predicted octanol–water partition coefficient (Wildman–Crippen LogP) is 0.537. The minimum atomic E-state index is -3.55. The summed E-state index contributed by atoms with van der Waals surface area (Å²) in [6.45, 7) is 0.309. The number of amides is 1. The molecular weight excluding hydrogens is 308 g/mol. The molecule has 0 radical (unpaired) electrons. The van der Waals surface area contributed by atoms with Crippen LogP contribution in [0.2, 0.25) is 0 Å². The van der Waals surface area contributed by atoms with Crippen LogP contribution in [0.3, 0.4) is 0 Å². The molecule has 1 saturated heterocycles. The van der Waals surface area contributed by atoms with Gasteiger partial charge in [-0.05, 0) is 37.0 Å². The SMILES string of the molecule is COc1ccc(CCS(=O)(=O)N2CCC[C@H]2C(=O)NO)cc1. The molecule has 0 unspecified atom stereocenters. The van der Waals surface area contributed by atoms with E-state index in [2.05, 4.69) is 0 Å². The molecule has 1 aliphatic rings. The summed E-state index contributed by atoms with van der Waals surface area (Å²) >= 11 is 0. The van der Waals surface area contributed by atoms with Crippen molar-refractivity contribution < 1.29 is 23.2 Å². The van der Waals surface area contributed by atoms with Crippen molar-refractivity contribution in [1.29, 1.82) is 0 Å². The van der Waals surface area contributed by atoms with E-state index in [-0.39, 0.29) is 5.75 Å². The number of carbonyl (C=O) groups is 1. The lowest BCUT2D eigenvalue weighted by Gasteiger charge is -2.22. The standard InChI is InChI=1S/C14H20N2O5S/c1-21-12-6-4-11(5-7-12)8-10-22(19,20)16-9-2-3-13(16)14(17)15-18/h4-7,13,18H,2-3,8-10H2,1H3,(H,15,17)/t13-/m0/s1. The van der Waals surface area contributed by atoms with Gasteiger partial charge >= 0.3 is 0 Å². The van der Waals surface area contributed by atoms with Gasteiger partial charge in [0, 0.05) is 6.54 Å². The number of nitrogens with zero attached hydrogens (tertiary/aromatic N) is 1. The maximum atomic E-state index is 12.4. The average molecular weight is 328 g/mol. The summed E-state index contributed by atoms with van der Waals surface area (Å²) in [5.41, 5.74) is 2.42. The smallest absolute Gasteiger partial charge is 0.261 e. The predicted molar refractivity (Wildman–Crippen MR) is 80.1 cm³/mol. The molecule has 1 amide bonds. The number of sulfonamides is 1. The number of carbonyl (C=O) groups excluding carboxylic acids is 1. The molecular formula is C14H20N2O5S. The van der Waals surface area contributed by atoms with E-state index in [4.69, 9.17) is 9.94 Å². The first-order valence-electron chi connectivity index (χ1n) is 7.04. The Balaban J connectivity index is 2.02. The Kier molecular flexibility index (Phi) is 5.38. The number of hydroxylamine groups is 1. The fraction of sp³-hybridized carbons (Fsp3) is 0.500. The summed E-state index contributed by atoms with van der Waals surface area (Å²) in [4.78, 5) is 11.5. The van der Waals surface area contributed by atoms with Gasteiger partial charge in [0.2, 0.25) is 10.0 Å². The van der Waals surface area contributed by atoms with Crippen molar-refractivity contribution >= 4 is 15.9 Å². The summed E-state index contributed by atoms with van der Waals surface area (Å²) < 4.78 is 31.0. The van der Waals surface area contributed by atoms with Gasteiger partial charge in [0.05, 0.1) is 12.9 Å². The molecule has 22 heavy (non-hydrogen) atoms. The highest BCUT2D eigenvalue weighted by molar-refractivity contribution is 7.89. The van der Waals surface area contributed by atoms with Gasteiger partial charge in [-0.15, -0.1) is 0 Å². The van der Waals surface area contributed by atoms with Crippen LogP contribution in [0, 0.1) is 0 Å². The monoisotopic (exact) mass is 328 g/mol. The Morgan fingerprint density at radius 1 is 1.41 bits per heavy atom. The minimum absolute atomic E-state index is 0.0749. The molecule has 122 valence electrons. The fourth-order valence-corrected chi connectivity index (χ4v) is 4.29. The highest BCUT2D eigenvalue weighted by Crippen LogP contribution is 2.22. The van der Waals surface area contributed by atoms with Gasteiger partial charge in [-0.2, -0.15) is 4.31 Å². The van der Waals surface area contributed by atoms with Crippen molar-refractivity contribution in [1.82, 2.24) is 9.79 Å². The van der Waals surface area contributed by atoms with E-state index in [0.717, 1.165) is 5.56 Å². The fourth-order valence-electron chi connectivity index (χ4n) is 2.57. The maximum Gasteiger partial charge on any atom is 0.261 e. The molecule has 1 fully saturated rings. The van der Waals surface area contributed by atoms with Crippen LogP contribution in [0.4, 0.5) is 0 Å². The first-order valence-corrected chi connectivity index (χ1v) is 8.65. The number of nitrogens with one attached hydrogen (secondary N) is 1. The molecule has 1 aromatic carbocycles. The minimum Gasteiger partial charge on any atom is -0.497 e. The summed E-state index contributed by atoms with van der Waals surface area (Å²) in [6.07, 6.45) is 1.39. The van der Waals surface area contributed by atoms with E-state index in [0.29, 0.717) is 31.6 Å². The van der Waals surface area contributed by atoms with Crippen molar-refractivity contribution in [2.24, 2.45) is 0 Å². The molecule has 8 heteroatoms. The van der Waals surface area contributed by atoms with Crippen molar-refractivity contribution in [2.45, 2.75) is 25.3 Å². The Bertz CT molecular complexity index is 615. The molecule has 7 nitrogen and oxygen atoms in total. The zero-order chi connectivity index (χ0) is 16.2. The number of methoxy groups -OCH3 is 1. The van der Waals surface area contributed by atoms with Crippen molar-refractivity contribution in [2.75, 3.05) is 19.4 Å². The van der Waals surface area contributed by atoms with E-state index in [9.17, 15) is 13.2 Å². The van der Waals surface area contributed by atoms with Crippen LogP contribution in [-0.2, 0) is 21.2 Å². The maximum absolute atomic E-state index is 12.4. The number of hydrogen-bond donors (Lipinski definition) is 2. The molecule has 1 atom stereocenters. The van der Waals surface area contributed by atoms with Crippen LogP contribution < -0.4 is 10.2 Å². The molecule has 1 aliphatic heterocycles. The molecule has 1 aromatic rings. The Morgan fingerprint density at radius 3 is 2.68 bits per heavy atom. The highest BCUT2D eigenvalue weighted by atomic mass is 32.2. The number of aryl methyl sites for hydroxylation is 1. The van der Waals surface area contributed by atoms with E-state index in [1.54, 1.807) is 19.2 Å². The van der Waals surface area contributed by atoms with E-state index < -0.39 is 22.0 Å². The third kappa shape index (κ3) is 3.76. The summed E-state index contributed by atoms with van der Waals surface area (Å²) in [6, 6.07) is 6.37. The number of hydrogen-bond acceptors (Lipinski definition) is 5. The molecule has 0 saturated carbocycles. The number of benzene rings is 1. The zero-order valence-electron chi connectivity index (χ0n) is 12.4. The summed E-state index contributed by atoms with van der Waals surface area (Å²) in [5.74, 6) is -0.0366. The van der Waals surface area contributed by atoms with Gasteiger partial charge in [-0.1, -0.05) is 12.1 Å². The molecule has 2 rings (SSSR count). The van der Waals surface area contributed by atoms with Gasteiger partial charge < -0.3 is 4.74 Å². The second-order valence-corrected chi connectivity index (χ2v) is 7.20. The molecule has 0 bridgehead atoms. The number of ether oxygens (including phenoxy) is 1. The first kappa shape index (κ1) is 16.7. The molecule has 0 spiro atoms. The topological polar surface area (TPSA) is 95.9 Å². The van der Waals surface area contributed by atoms with Gasteiger partial charge in [0.25, 0.3) is 5.91 Å². The van der Waals surface area contributed by atoms with Crippen LogP contribution in [0.15, 0.2) is 24.3 Å². The van der Waals surface area contributed by atoms with E-state index >= 15 is 0 Å². The van der Waals surface area contributed by atoms with Crippen LogP contribution in [0.1, 0.15) is 18.4 Å². The molecule has 1 heterocycles. The van der Waals surface area contributed by atoms with Crippen LogP contribution >= 0.6 is 0 Å². The van der Waals surface area contributed by atoms with Crippen molar-refractivity contribution in [3.8, 4) is 5.75 Å². The zero-order valence-corrected chi connectivity index (χ0v) is 13.2. The number of rotatable bonds is 6. The molecule has 2 N–H and O–H groups in total. The van der Waals surface area contributed by atoms with Gasteiger partial charge in [-0.25, -0.2) is 13.9 Å². The normalized spacial score (nSPS) is 19.1. The third-order valence-corrected chi connectivity index (χ3v) is 5.65. The van der Waals surface area contributed by atoms with Crippen molar-refractivity contribution in [3.63, 3.8) is 0 Å². The molecule has 0 aliphatic carbocycles. The Labute approximate surface area is 129 Å². The summed E-state index contributed by atoms with van der Waals surface area (Å²) in [7, 11) is -1.98. The van der Waals surface area contributed by atoms with E-state index in [1.165, 1.54) is 9.79 Å². The second kappa shape index (κ2) is 7.08. The lowest BCUT2D eigenvalue weighted by atomic mass is 10.2.